The third-order valence-corrected chi connectivity index (χ3v) is 7.28. The highest BCUT2D eigenvalue weighted by atomic mass is 16.2. The predicted molar refractivity (Wildman–Crippen MR) is 148 cm³/mol. The maximum absolute atomic E-state index is 13.6. The third-order valence-electron chi connectivity index (χ3n) is 7.28. The zero-order valence-electron chi connectivity index (χ0n) is 22.8. The van der Waals surface area contributed by atoms with Crippen LogP contribution in [0.15, 0.2) is 60.7 Å². The van der Waals surface area contributed by atoms with Crippen LogP contribution in [0.25, 0.3) is 0 Å². The Labute approximate surface area is 225 Å². The number of rotatable bonds is 6. The van der Waals surface area contributed by atoms with Gasteiger partial charge in [0.25, 0.3) is 0 Å². The fraction of sp³-hybridized carbons (Fsp3) is 0.467. The van der Waals surface area contributed by atoms with E-state index in [4.69, 9.17) is 10.1 Å². The monoisotopic (exact) mass is 516 g/mol. The van der Waals surface area contributed by atoms with Gasteiger partial charge in [0.2, 0.25) is 11.8 Å². The van der Waals surface area contributed by atoms with Gasteiger partial charge >= 0.3 is 0 Å². The van der Waals surface area contributed by atoms with Gasteiger partial charge in [-0.3, -0.25) is 14.5 Å². The predicted octanol–water partition coefficient (Wildman–Crippen LogP) is 3.81. The molecule has 2 N–H and O–H groups in total. The van der Waals surface area contributed by atoms with E-state index in [1.165, 1.54) is 5.56 Å². The fourth-order valence-corrected chi connectivity index (χ4v) is 4.97. The van der Waals surface area contributed by atoms with E-state index in [-0.39, 0.29) is 23.8 Å². The number of benzene rings is 2. The molecule has 0 aliphatic carbocycles. The number of hydrogen-bond acceptors (Lipinski definition) is 5. The molecular formula is C30H40N6O2. The van der Waals surface area contributed by atoms with E-state index < -0.39 is 6.04 Å². The first kappa shape index (κ1) is 27.5. The summed E-state index contributed by atoms with van der Waals surface area (Å²) in [6.07, 6.45) is 2.46. The number of carbonyl (C=O) groups excluding carboxylic acids is 2. The molecule has 0 unspecified atom stereocenters. The summed E-state index contributed by atoms with van der Waals surface area (Å²) in [5.74, 6) is 1.16. The lowest BCUT2D eigenvalue weighted by Crippen LogP contribution is -2.51. The number of hydrogen-bond donors (Lipinski definition) is 2. The maximum Gasteiger partial charge on any atom is 0.243 e. The van der Waals surface area contributed by atoms with Crippen LogP contribution in [0, 0.1) is 12.8 Å². The molecule has 8 heteroatoms. The minimum Gasteiger partial charge on any atom is -0.344 e. The Balaban J connectivity index is 1.66. The number of carbonyl (C=O) groups is 2. The maximum atomic E-state index is 13.6. The Kier molecular flexibility index (Phi) is 9.65. The standard InChI is InChI=1S/C30H40N6O2/c1-4-22(2)28-30(38)32-26(20-24-12-7-5-8-13-24)29-31-23(3)34-36(29)19-18-35(17-11-16-27(37)33-28)21-25-14-9-6-10-15-25/h5-10,12-15,22,26,28H,4,11,16-21H2,1-3H3,(H,32,38)(H,33,37)/t22-,26-,28-/m0/s1. The van der Waals surface area contributed by atoms with Crippen LogP contribution >= 0.6 is 0 Å². The second-order valence-electron chi connectivity index (χ2n) is 10.3. The van der Waals surface area contributed by atoms with Gasteiger partial charge in [0.1, 0.15) is 17.7 Å². The summed E-state index contributed by atoms with van der Waals surface area (Å²) in [4.78, 5) is 33.7. The van der Waals surface area contributed by atoms with Gasteiger partial charge in [-0.05, 0) is 43.4 Å². The largest absolute Gasteiger partial charge is 0.344 e. The third kappa shape index (κ3) is 7.51. The molecule has 2 amide bonds. The summed E-state index contributed by atoms with van der Waals surface area (Å²) in [5.41, 5.74) is 2.33. The lowest BCUT2D eigenvalue weighted by Gasteiger charge is -2.28. The van der Waals surface area contributed by atoms with Crippen LogP contribution in [0.2, 0.25) is 0 Å². The molecule has 0 bridgehead atoms. The molecule has 3 aromatic rings. The average Bonchev–Trinajstić information content (AvgIpc) is 3.30. The minimum atomic E-state index is -0.605. The molecule has 0 saturated heterocycles. The van der Waals surface area contributed by atoms with Crippen molar-refractivity contribution in [3.8, 4) is 0 Å². The number of amides is 2. The highest BCUT2D eigenvalue weighted by Gasteiger charge is 2.30. The molecule has 8 nitrogen and oxygen atoms in total. The SMILES string of the molecule is CC[C@H](C)[C@@H]1NC(=O)CCCN(Cc2ccccc2)CCn2nc(C)nc2[C@H](Cc2ccccc2)NC1=O. The van der Waals surface area contributed by atoms with E-state index in [0.29, 0.717) is 31.6 Å². The fourth-order valence-electron chi connectivity index (χ4n) is 4.97. The summed E-state index contributed by atoms with van der Waals surface area (Å²) in [5, 5.41) is 11.0. The van der Waals surface area contributed by atoms with E-state index in [1.807, 2.05) is 49.7 Å². The van der Waals surface area contributed by atoms with Crippen molar-refractivity contribution in [3.63, 3.8) is 0 Å². The van der Waals surface area contributed by atoms with E-state index in [0.717, 1.165) is 37.4 Å². The van der Waals surface area contributed by atoms with Gasteiger partial charge in [-0.15, -0.1) is 0 Å². The zero-order valence-corrected chi connectivity index (χ0v) is 22.8. The topological polar surface area (TPSA) is 92.2 Å². The Bertz CT molecular complexity index is 1180. The molecule has 0 saturated carbocycles. The van der Waals surface area contributed by atoms with Crippen LogP contribution in [0.1, 0.15) is 61.9 Å². The van der Waals surface area contributed by atoms with E-state index >= 15 is 0 Å². The molecule has 0 spiro atoms. The summed E-state index contributed by atoms with van der Waals surface area (Å²) in [7, 11) is 0. The number of fused-ring (bicyclic) bond motifs is 1. The Morgan fingerprint density at radius 2 is 1.63 bits per heavy atom. The molecule has 2 heterocycles. The molecule has 4 rings (SSSR count). The van der Waals surface area contributed by atoms with Crippen molar-refractivity contribution in [2.24, 2.45) is 5.92 Å². The quantitative estimate of drug-likeness (QED) is 0.520. The number of aryl methyl sites for hydroxylation is 1. The molecule has 38 heavy (non-hydrogen) atoms. The summed E-state index contributed by atoms with van der Waals surface area (Å²) in [6, 6.07) is 19.5. The minimum absolute atomic E-state index is 0.00147. The molecule has 1 aliphatic rings. The van der Waals surface area contributed by atoms with Gasteiger partial charge in [-0.2, -0.15) is 5.10 Å². The van der Waals surface area contributed by atoms with E-state index in [9.17, 15) is 9.59 Å². The van der Waals surface area contributed by atoms with Crippen molar-refractivity contribution >= 4 is 11.8 Å². The highest BCUT2D eigenvalue weighted by molar-refractivity contribution is 5.88. The lowest BCUT2D eigenvalue weighted by molar-refractivity contribution is -0.130. The molecule has 0 fully saturated rings. The van der Waals surface area contributed by atoms with Gasteiger partial charge in [-0.1, -0.05) is 80.9 Å². The van der Waals surface area contributed by atoms with Crippen LogP contribution in [-0.4, -0.2) is 50.6 Å². The second-order valence-corrected chi connectivity index (χ2v) is 10.3. The molecular weight excluding hydrogens is 476 g/mol. The van der Waals surface area contributed by atoms with Crippen LogP contribution in [0.5, 0.6) is 0 Å². The van der Waals surface area contributed by atoms with Crippen LogP contribution in [-0.2, 0) is 29.1 Å². The van der Waals surface area contributed by atoms with Crippen molar-refractivity contribution < 1.29 is 9.59 Å². The van der Waals surface area contributed by atoms with Crippen LogP contribution in [0.3, 0.4) is 0 Å². The Morgan fingerprint density at radius 1 is 0.947 bits per heavy atom. The van der Waals surface area contributed by atoms with E-state index in [2.05, 4.69) is 51.9 Å². The normalized spacial score (nSPS) is 20.6. The smallest absolute Gasteiger partial charge is 0.243 e. The Morgan fingerprint density at radius 3 is 2.32 bits per heavy atom. The zero-order chi connectivity index (χ0) is 26.9. The summed E-state index contributed by atoms with van der Waals surface area (Å²) >= 11 is 0. The molecule has 2 aromatic carbocycles. The van der Waals surface area contributed by atoms with Crippen molar-refractivity contribution in [1.29, 1.82) is 0 Å². The lowest BCUT2D eigenvalue weighted by atomic mass is 9.97. The molecule has 0 radical (unpaired) electrons. The number of nitrogens with one attached hydrogen (secondary N) is 2. The summed E-state index contributed by atoms with van der Waals surface area (Å²) in [6.45, 7) is 8.91. The van der Waals surface area contributed by atoms with Crippen molar-refractivity contribution in [2.45, 2.75) is 71.6 Å². The van der Waals surface area contributed by atoms with Crippen molar-refractivity contribution in [3.05, 3.63) is 83.4 Å². The highest BCUT2D eigenvalue weighted by Crippen LogP contribution is 2.20. The van der Waals surface area contributed by atoms with E-state index in [1.54, 1.807) is 0 Å². The molecule has 1 aromatic heterocycles. The molecule has 1 aliphatic heterocycles. The first-order valence-electron chi connectivity index (χ1n) is 13.7. The van der Waals surface area contributed by atoms with Gasteiger partial charge in [0.15, 0.2) is 0 Å². The molecule has 3 atom stereocenters. The van der Waals surface area contributed by atoms with Crippen molar-refractivity contribution in [2.75, 3.05) is 13.1 Å². The van der Waals surface area contributed by atoms with Gasteiger partial charge < -0.3 is 10.6 Å². The Hall–Kier alpha value is -3.52. The number of aromatic nitrogens is 3. The van der Waals surface area contributed by atoms with Crippen LogP contribution in [0.4, 0.5) is 0 Å². The summed E-state index contributed by atoms with van der Waals surface area (Å²) < 4.78 is 1.95. The van der Waals surface area contributed by atoms with Crippen LogP contribution < -0.4 is 10.6 Å². The van der Waals surface area contributed by atoms with Crippen molar-refractivity contribution in [1.82, 2.24) is 30.3 Å². The van der Waals surface area contributed by atoms with Gasteiger partial charge in [-0.25, -0.2) is 9.67 Å². The van der Waals surface area contributed by atoms with Gasteiger partial charge in [0, 0.05) is 19.5 Å². The number of nitrogens with zero attached hydrogens (tertiary/aromatic N) is 4. The average molecular weight is 517 g/mol. The first-order valence-corrected chi connectivity index (χ1v) is 13.7. The van der Waals surface area contributed by atoms with Gasteiger partial charge in [0.05, 0.1) is 12.6 Å². The first-order chi connectivity index (χ1) is 18.4. The second kappa shape index (κ2) is 13.3. The molecule has 202 valence electrons.